The number of thiophene rings is 1. The molecule has 0 fully saturated rings. The summed E-state index contributed by atoms with van der Waals surface area (Å²) in [4.78, 5) is 11.8. The number of halogens is 1. The van der Waals surface area contributed by atoms with Gasteiger partial charge >= 0.3 is 5.97 Å². The number of hydrogen-bond acceptors (Lipinski definition) is 2. The summed E-state index contributed by atoms with van der Waals surface area (Å²) >= 11 is 7.52. The zero-order valence-corrected chi connectivity index (χ0v) is 10.3. The molecule has 0 bridgehead atoms. The predicted octanol–water partition coefficient (Wildman–Crippen LogP) is 3.82. The third-order valence-electron chi connectivity index (χ3n) is 2.46. The lowest BCUT2D eigenvalue weighted by Crippen LogP contribution is -2.11. The molecule has 2 aromatic rings. The molecule has 1 heterocycles. The first-order valence-electron chi connectivity index (χ1n) is 4.97. The second-order valence-corrected chi connectivity index (χ2v) is 5.44. The Labute approximate surface area is 102 Å². The van der Waals surface area contributed by atoms with Gasteiger partial charge in [-0.3, -0.25) is 4.79 Å². The zero-order valence-electron chi connectivity index (χ0n) is 8.74. The molecule has 1 aromatic heterocycles. The van der Waals surface area contributed by atoms with Gasteiger partial charge in [0.05, 0.1) is 5.92 Å². The standard InChI is InChI=1S/C12H11ClO2S/c1-7(12(14)15)4-10-6-8-5-9(13)2-3-11(8)16-10/h2-3,5-7H,4H2,1H3,(H,14,15). The van der Waals surface area contributed by atoms with Crippen LogP contribution in [0.1, 0.15) is 11.8 Å². The number of hydrogen-bond donors (Lipinski definition) is 1. The van der Waals surface area contributed by atoms with Crippen molar-refractivity contribution in [1.29, 1.82) is 0 Å². The zero-order chi connectivity index (χ0) is 11.7. The number of carboxylic acid groups (broad SMARTS) is 1. The van der Waals surface area contributed by atoms with E-state index in [0.717, 1.165) is 15.0 Å². The smallest absolute Gasteiger partial charge is 0.306 e. The second kappa shape index (κ2) is 4.44. The van der Waals surface area contributed by atoms with E-state index in [9.17, 15) is 4.79 Å². The highest BCUT2D eigenvalue weighted by atomic mass is 35.5. The number of aliphatic carboxylic acids is 1. The molecular formula is C12H11ClO2S. The molecule has 2 rings (SSSR count). The van der Waals surface area contributed by atoms with Gasteiger partial charge in [0.1, 0.15) is 0 Å². The largest absolute Gasteiger partial charge is 0.481 e. The summed E-state index contributed by atoms with van der Waals surface area (Å²) in [6.07, 6.45) is 0.576. The third kappa shape index (κ3) is 2.36. The summed E-state index contributed by atoms with van der Waals surface area (Å²) in [5.41, 5.74) is 0. The van der Waals surface area contributed by atoms with Crippen LogP contribution in [-0.2, 0) is 11.2 Å². The molecule has 84 valence electrons. The molecule has 2 nitrogen and oxygen atoms in total. The molecule has 16 heavy (non-hydrogen) atoms. The van der Waals surface area contributed by atoms with Crippen LogP contribution in [0.15, 0.2) is 24.3 Å². The Morgan fingerprint density at radius 1 is 1.50 bits per heavy atom. The normalized spacial score (nSPS) is 12.9. The number of benzene rings is 1. The second-order valence-electron chi connectivity index (χ2n) is 3.84. The lowest BCUT2D eigenvalue weighted by atomic mass is 10.1. The first-order chi connectivity index (χ1) is 7.56. The number of rotatable bonds is 3. The lowest BCUT2D eigenvalue weighted by molar-refractivity contribution is -0.141. The van der Waals surface area contributed by atoms with Crippen molar-refractivity contribution in [3.63, 3.8) is 0 Å². The molecule has 0 saturated carbocycles. The maximum absolute atomic E-state index is 10.8. The number of carbonyl (C=O) groups is 1. The third-order valence-corrected chi connectivity index (χ3v) is 3.83. The molecule has 4 heteroatoms. The number of carboxylic acids is 1. The van der Waals surface area contributed by atoms with Crippen molar-refractivity contribution in [2.75, 3.05) is 0 Å². The molecule has 0 aliphatic rings. The van der Waals surface area contributed by atoms with Gasteiger partial charge in [0.15, 0.2) is 0 Å². The predicted molar refractivity (Wildman–Crippen MR) is 67.3 cm³/mol. The van der Waals surface area contributed by atoms with Crippen LogP contribution in [-0.4, -0.2) is 11.1 Å². The van der Waals surface area contributed by atoms with E-state index in [-0.39, 0.29) is 5.92 Å². The Hall–Kier alpha value is -1.06. The summed E-state index contributed by atoms with van der Waals surface area (Å²) in [5, 5.41) is 10.6. The molecule has 0 amide bonds. The van der Waals surface area contributed by atoms with Gasteiger partial charge in [-0.1, -0.05) is 18.5 Å². The molecule has 0 aliphatic carbocycles. The minimum atomic E-state index is -0.754. The van der Waals surface area contributed by atoms with Crippen molar-refractivity contribution >= 4 is 39.0 Å². The van der Waals surface area contributed by atoms with E-state index >= 15 is 0 Å². The molecular weight excluding hydrogens is 244 g/mol. The van der Waals surface area contributed by atoms with Gasteiger partial charge < -0.3 is 5.11 Å². The van der Waals surface area contributed by atoms with Crippen LogP contribution in [0.2, 0.25) is 5.02 Å². The van der Waals surface area contributed by atoms with Gasteiger partial charge in [-0.05, 0) is 36.1 Å². The molecule has 0 spiro atoms. The Kier molecular flexibility index (Phi) is 3.17. The van der Waals surface area contributed by atoms with E-state index in [1.54, 1.807) is 18.3 Å². The average molecular weight is 255 g/mol. The Morgan fingerprint density at radius 3 is 2.94 bits per heavy atom. The highest BCUT2D eigenvalue weighted by Crippen LogP contribution is 2.29. The summed E-state index contributed by atoms with van der Waals surface area (Å²) in [6.45, 7) is 1.72. The van der Waals surface area contributed by atoms with E-state index in [4.69, 9.17) is 16.7 Å². The van der Waals surface area contributed by atoms with Gasteiger partial charge in [-0.15, -0.1) is 11.3 Å². The lowest BCUT2D eigenvalue weighted by Gasteiger charge is -2.01. The van der Waals surface area contributed by atoms with Crippen LogP contribution in [0.3, 0.4) is 0 Å². The first-order valence-corrected chi connectivity index (χ1v) is 6.16. The topological polar surface area (TPSA) is 37.3 Å². The molecule has 1 aromatic carbocycles. The maximum Gasteiger partial charge on any atom is 0.306 e. The van der Waals surface area contributed by atoms with Crippen LogP contribution < -0.4 is 0 Å². The molecule has 1 atom stereocenters. The fourth-order valence-electron chi connectivity index (χ4n) is 1.56. The Balaban J connectivity index is 2.29. The minimum Gasteiger partial charge on any atom is -0.481 e. The van der Waals surface area contributed by atoms with Gasteiger partial charge in [0.2, 0.25) is 0 Å². The van der Waals surface area contributed by atoms with E-state index in [1.807, 2.05) is 24.3 Å². The Morgan fingerprint density at radius 2 is 2.25 bits per heavy atom. The fourth-order valence-corrected chi connectivity index (χ4v) is 2.91. The van der Waals surface area contributed by atoms with Gasteiger partial charge in [0.25, 0.3) is 0 Å². The minimum absolute atomic E-state index is 0.344. The first kappa shape index (κ1) is 11.4. The van der Waals surface area contributed by atoms with Crippen LogP contribution >= 0.6 is 22.9 Å². The Bertz CT molecular complexity index is 533. The van der Waals surface area contributed by atoms with E-state index in [2.05, 4.69) is 0 Å². The molecule has 0 radical (unpaired) electrons. The molecule has 0 saturated heterocycles. The SMILES string of the molecule is CC(Cc1cc2cc(Cl)ccc2s1)C(=O)O. The maximum atomic E-state index is 10.8. The monoisotopic (exact) mass is 254 g/mol. The average Bonchev–Trinajstić information content (AvgIpc) is 2.58. The summed E-state index contributed by atoms with van der Waals surface area (Å²) in [7, 11) is 0. The number of fused-ring (bicyclic) bond motifs is 1. The molecule has 1 unspecified atom stereocenters. The summed E-state index contributed by atoms with van der Waals surface area (Å²) < 4.78 is 1.15. The van der Waals surface area contributed by atoms with Crippen molar-refractivity contribution in [2.24, 2.45) is 5.92 Å². The van der Waals surface area contributed by atoms with Gasteiger partial charge in [0, 0.05) is 14.6 Å². The van der Waals surface area contributed by atoms with Crippen LogP contribution in [0.5, 0.6) is 0 Å². The highest BCUT2D eigenvalue weighted by molar-refractivity contribution is 7.19. The van der Waals surface area contributed by atoms with Crippen molar-refractivity contribution < 1.29 is 9.90 Å². The molecule has 1 N–H and O–H groups in total. The van der Waals surface area contributed by atoms with Crippen LogP contribution in [0.25, 0.3) is 10.1 Å². The van der Waals surface area contributed by atoms with E-state index < -0.39 is 5.97 Å². The van der Waals surface area contributed by atoms with Crippen molar-refractivity contribution in [2.45, 2.75) is 13.3 Å². The van der Waals surface area contributed by atoms with E-state index in [1.165, 1.54) is 0 Å². The summed E-state index contributed by atoms with van der Waals surface area (Å²) in [5.74, 6) is -1.10. The van der Waals surface area contributed by atoms with Crippen molar-refractivity contribution in [1.82, 2.24) is 0 Å². The van der Waals surface area contributed by atoms with E-state index in [0.29, 0.717) is 11.4 Å². The van der Waals surface area contributed by atoms with Crippen LogP contribution in [0.4, 0.5) is 0 Å². The van der Waals surface area contributed by atoms with Gasteiger partial charge in [-0.2, -0.15) is 0 Å². The van der Waals surface area contributed by atoms with Crippen molar-refractivity contribution in [3.05, 3.63) is 34.2 Å². The summed E-state index contributed by atoms with van der Waals surface area (Å²) in [6, 6.07) is 7.75. The van der Waals surface area contributed by atoms with Crippen molar-refractivity contribution in [3.8, 4) is 0 Å². The fraction of sp³-hybridized carbons (Fsp3) is 0.250. The quantitative estimate of drug-likeness (QED) is 0.904. The molecule has 0 aliphatic heterocycles. The van der Waals surface area contributed by atoms with Gasteiger partial charge in [-0.25, -0.2) is 0 Å². The highest BCUT2D eigenvalue weighted by Gasteiger charge is 2.13. The van der Waals surface area contributed by atoms with Crippen LogP contribution in [0, 0.1) is 5.92 Å².